The summed E-state index contributed by atoms with van der Waals surface area (Å²) in [5, 5.41) is 16.8. The van der Waals surface area contributed by atoms with Gasteiger partial charge in [0, 0.05) is 10.7 Å². The van der Waals surface area contributed by atoms with Crippen LogP contribution in [-0.2, 0) is 14.3 Å². The van der Waals surface area contributed by atoms with E-state index in [1.54, 1.807) is 30.3 Å². The maximum atomic E-state index is 12.3. The minimum atomic E-state index is -1.17. The van der Waals surface area contributed by atoms with Gasteiger partial charge >= 0.3 is 5.97 Å². The molecular weight excluding hydrogens is 316 g/mol. The molecule has 0 aliphatic heterocycles. The normalized spacial score (nSPS) is 13.0. The molecule has 5 nitrogen and oxygen atoms in total. The summed E-state index contributed by atoms with van der Waals surface area (Å²) >= 11 is 5.85. The number of nitrogens with one attached hydrogen (secondary N) is 1. The smallest absolute Gasteiger partial charge is 0.314 e. The molecule has 0 saturated carbocycles. The molecule has 0 aromatic heterocycles. The van der Waals surface area contributed by atoms with E-state index in [1.807, 2.05) is 13.8 Å². The molecule has 0 heterocycles. The number of nitrogens with zero attached hydrogens (tertiary/aromatic N) is 1. The van der Waals surface area contributed by atoms with Crippen LogP contribution in [0.4, 0.5) is 0 Å². The molecule has 0 bridgehead atoms. The number of halogens is 1. The summed E-state index contributed by atoms with van der Waals surface area (Å²) in [7, 11) is 0. The van der Waals surface area contributed by atoms with E-state index in [2.05, 4.69) is 0 Å². The second-order valence-electron chi connectivity index (χ2n) is 5.59. The molecular formula is C17H19ClN2O3. The van der Waals surface area contributed by atoms with Crippen LogP contribution in [0.5, 0.6) is 0 Å². The van der Waals surface area contributed by atoms with Crippen molar-refractivity contribution in [2.24, 2.45) is 11.8 Å². The molecule has 0 fully saturated rings. The van der Waals surface area contributed by atoms with Crippen LogP contribution in [0.1, 0.15) is 32.3 Å². The van der Waals surface area contributed by atoms with E-state index in [1.165, 1.54) is 6.92 Å². The number of rotatable bonds is 7. The fourth-order valence-corrected chi connectivity index (χ4v) is 2.31. The number of carbonyl (C=O) groups excluding carboxylic acids is 2. The highest BCUT2D eigenvalue weighted by molar-refractivity contribution is 6.30. The second kappa shape index (κ2) is 8.44. The minimum Gasteiger partial charge on any atom is -0.457 e. The highest BCUT2D eigenvalue weighted by Gasteiger charge is 2.28. The molecule has 1 N–H and O–H groups in total. The SMILES string of the molecule is CC(=N)[C@H](C#N)C(=O)COC(=O)[C@@H](c1ccc(Cl)cc1)C(C)C. The van der Waals surface area contributed by atoms with Gasteiger partial charge in [0.25, 0.3) is 0 Å². The summed E-state index contributed by atoms with van der Waals surface area (Å²) in [6.45, 7) is 4.62. The predicted octanol–water partition coefficient (Wildman–Crippen LogP) is 3.37. The van der Waals surface area contributed by atoms with Crippen LogP contribution in [0, 0.1) is 28.6 Å². The Labute approximate surface area is 140 Å². The van der Waals surface area contributed by atoms with Crippen LogP contribution in [0.25, 0.3) is 0 Å². The number of esters is 1. The van der Waals surface area contributed by atoms with Crippen molar-refractivity contribution in [3.05, 3.63) is 34.9 Å². The van der Waals surface area contributed by atoms with Crippen molar-refractivity contribution in [2.45, 2.75) is 26.7 Å². The third-order valence-electron chi connectivity index (χ3n) is 3.39. The first kappa shape index (κ1) is 18.9. The van der Waals surface area contributed by atoms with Crippen LogP contribution in [-0.4, -0.2) is 24.1 Å². The molecule has 0 unspecified atom stereocenters. The Morgan fingerprint density at radius 1 is 1.30 bits per heavy atom. The van der Waals surface area contributed by atoms with Gasteiger partial charge in [0.15, 0.2) is 12.4 Å². The lowest BCUT2D eigenvalue weighted by molar-refractivity contribution is -0.150. The van der Waals surface area contributed by atoms with Crippen molar-refractivity contribution in [1.82, 2.24) is 0 Å². The van der Waals surface area contributed by atoms with Crippen LogP contribution in [0.3, 0.4) is 0 Å². The zero-order valence-corrected chi connectivity index (χ0v) is 14.1. The number of ketones is 1. The van der Waals surface area contributed by atoms with Gasteiger partial charge in [-0.05, 0) is 30.5 Å². The lowest BCUT2D eigenvalue weighted by Gasteiger charge is -2.20. The van der Waals surface area contributed by atoms with Crippen LogP contribution < -0.4 is 0 Å². The molecule has 0 spiro atoms. The molecule has 0 saturated heterocycles. The number of carbonyl (C=O) groups is 2. The fourth-order valence-electron chi connectivity index (χ4n) is 2.19. The van der Waals surface area contributed by atoms with Gasteiger partial charge in [-0.15, -0.1) is 0 Å². The third-order valence-corrected chi connectivity index (χ3v) is 3.64. The number of benzene rings is 1. The van der Waals surface area contributed by atoms with Crippen molar-refractivity contribution in [1.29, 1.82) is 10.7 Å². The summed E-state index contributed by atoms with van der Waals surface area (Å²) < 4.78 is 5.08. The van der Waals surface area contributed by atoms with Gasteiger partial charge < -0.3 is 10.1 Å². The molecule has 0 aliphatic carbocycles. The lowest BCUT2D eigenvalue weighted by atomic mass is 9.88. The average Bonchev–Trinajstić information content (AvgIpc) is 2.47. The molecule has 0 aliphatic rings. The van der Waals surface area contributed by atoms with Gasteiger partial charge in [-0.2, -0.15) is 5.26 Å². The van der Waals surface area contributed by atoms with E-state index < -0.39 is 30.2 Å². The number of nitriles is 1. The number of hydrogen-bond acceptors (Lipinski definition) is 5. The van der Waals surface area contributed by atoms with E-state index >= 15 is 0 Å². The molecule has 0 radical (unpaired) electrons. The van der Waals surface area contributed by atoms with Gasteiger partial charge in [-0.1, -0.05) is 37.6 Å². The number of hydrogen-bond donors (Lipinski definition) is 1. The molecule has 1 rings (SSSR count). The Bertz CT molecular complexity index is 632. The van der Waals surface area contributed by atoms with Gasteiger partial charge in [0.05, 0.1) is 12.0 Å². The number of Topliss-reactive ketones (excluding diaryl/α,β-unsaturated/α-hetero) is 1. The van der Waals surface area contributed by atoms with Gasteiger partial charge in [-0.3, -0.25) is 9.59 Å². The summed E-state index contributed by atoms with van der Waals surface area (Å²) in [5.41, 5.74) is 0.688. The molecule has 122 valence electrons. The predicted molar refractivity (Wildman–Crippen MR) is 87.5 cm³/mol. The fraction of sp³-hybridized carbons (Fsp3) is 0.412. The average molecular weight is 335 g/mol. The van der Waals surface area contributed by atoms with E-state index in [-0.39, 0.29) is 11.6 Å². The topological polar surface area (TPSA) is 91.0 Å². The van der Waals surface area contributed by atoms with Crippen molar-refractivity contribution in [3.8, 4) is 6.07 Å². The molecule has 6 heteroatoms. The van der Waals surface area contributed by atoms with Gasteiger partial charge in [0.1, 0.15) is 5.92 Å². The Morgan fingerprint density at radius 2 is 1.87 bits per heavy atom. The van der Waals surface area contributed by atoms with Crippen LogP contribution in [0.15, 0.2) is 24.3 Å². The zero-order valence-electron chi connectivity index (χ0n) is 13.3. The maximum absolute atomic E-state index is 12.3. The Hall–Kier alpha value is -2.19. The standard InChI is InChI=1S/C17H19ClN2O3/c1-10(2)16(12-4-6-13(18)7-5-12)17(22)23-9-15(21)14(8-19)11(3)20/h4-7,10,14,16,20H,9H2,1-3H3/t14-,16+/m0/s1. The Balaban J connectivity index is 2.81. The van der Waals surface area contributed by atoms with E-state index in [9.17, 15) is 9.59 Å². The first-order valence-electron chi connectivity index (χ1n) is 7.17. The van der Waals surface area contributed by atoms with Crippen LogP contribution in [0.2, 0.25) is 5.02 Å². The van der Waals surface area contributed by atoms with E-state index in [0.717, 1.165) is 5.56 Å². The van der Waals surface area contributed by atoms with E-state index in [0.29, 0.717) is 5.02 Å². The van der Waals surface area contributed by atoms with Crippen molar-refractivity contribution in [2.75, 3.05) is 6.61 Å². The first-order valence-corrected chi connectivity index (χ1v) is 7.55. The molecule has 1 aromatic carbocycles. The first-order chi connectivity index (χ1) is 10.8. The second-order valence-corrected chi connectivity index (χ2v) is 6.03. The van der Waals surface area contributed by atoms with Crippen LogP contribution >= 0.6 is 11.6 Å². The lowest BCUT2D eigenvalue weighted by Crippen LogP contribution is -2.28. The van der Waals surface area contributed by atoms with Crippen molar-refractivity contribution < 1.29 is 14.3 Å². The van der Waals surface area contributed by atoms with Gasteiger partial charge in [-0.25, -0.2) is 0 Å². The number of ether oxygens (including phenoxy) is 1. The maximum Gasteiger partial charge on any atom is 0.314 e. The Kier molecular flexibility index (Phi) is 6.92. The summed E-state index contributed by atoms with van der Waals surface area (Å²) in [6, 6.07) is 8.61. The molecule has 2 atom stereocenters. The summed E-state index contributed by atoms with van der Waals surface area (Å²) in [5.74, 6) is -2.85. The van der Waals surface area contributed by atoms with Gasteiger partial charge in [0.2, 0.25) is 0 Å². The largest absolute Gasteiger partial charge is 0.457 e. The summed E-state index contributed by atoms with van der Waals surface area (Å²) in [6.07, 6.45) is 0. The minimum absolute atomic E-state index is 0.0324. The molecule has 1 aromatic rings. The molecule has 0 amide bonds. The van der Waals surface area contributed by atoms with Crippen molar-refractivity contribution in [3.63, 3.8) is 0 Å². The highest BCUT2D eigenvalue weighted by atomic mass is 35.5. The molecule has 23 heavy (non-hydrogen) atoms. The monoisotopic (exact) mass is 334 g/mol. The summed E-state index contributed by atoms with van der Waals surface area (Å²) in [4.78, 5) is 24.1. The zero-order chi connectivity index (χ0) is 17.6. The van der Waals surface area contributed by atoms with E-state index in [4.69, 9.17) is 27.0 Å². The highest BCUT2D eigenvalue weighted by Crippen LogP contribution is 2.27. The third kappa shape index (κ3) is 5.19. The Morgan fingerprint density at radius 3 is 2.30 bits per heavy atom. The van der Waals surface area contributed by atoms with Crippen molar-refractivity contribution >= 4 is 29.1 Å². The quantitative estimate of drug-likeness (QED) is 0.611.